The molecule has 0 radical (unpaired) electrons. The molecule has 0 bridgehead atoms. The van der Waals surface area contributed by atoms with Crippen LogP contribution in [0.2, 0.25) is 0 Å². The molecule has 6 heteroatoms. The Labute approximate surface area is 432 Å². The molecule has 15 rings (SSSR count). The number of para-hydroxylation sites is 5. The van der Waals surface area contributed by atoms with E-state index in [0.717, 1.165) is 111 Å². The predicted molar refractivity (Wildman–Crippen MR) is 310 cm³/mol. The van der Waals surface area contributed by atoms with Gasteiger partial charge >= 0.3 is 0 Å². The summed E-state index contributed by atoms with van der Waals surface area (Å²) in [4.78, 5) is 16.7. The fourth-order valence-corrected chi connectivity index (χ4v) is 11.6. The third-order valence-corrected chi connectivity index (χ3v) is 14.9. The standard InChI is InChI=1S/C69H44N6/c1-4-22-45(23-5-1)48-28-20-30-50(42-48)67-70-68(51-31-21-29-49(43-51)46-24-6-2-7-25-46)72-69(71-67)75-62-41-19-14-36-56(62)64-63(73-59-38-16-11-33-53(59)54-34-12-17-39-60(54)73)44-57-55-35-13-18-40-61(55)74(65(57)66(64)75)58-37-15-10-32-52(58)47-26-8-3-9-27-47/h1-44H. The number of rotatable bonds is 8. The lowest BCUT2D eigenvalue weighted by atomic mass is 10.0. The van der Waals surface area contributed by atoms with Crippen molar-refractivity contribution in [3.8, 4) is 73.5 Å². The van der Waals surface area contributed by atoms with Crippen LogP contribution in [0.15, 0.2) is 267 Å². The molecule has 0 N–H and O–H groups in total. The van der Waals surface area contributed by atoms with Crippen LogP contribution in [0.3, 0.4) is 0 Å². The molecule has 0 aliphatic heterocycles. The van der Waals surface area contributed by atoms with Gasteiger partial charge in [-0.05, 0) is 76.3 Å². The van der Waals surface area contributed by atoms with Crippen molar-refractivity contribution >= 4 is 65.4 Å². The second kappa shape index (κ2) is 17.3. The van der Waals surface area contributed by atoms with Crippen molar-refractivity contribution in [3.05, 3.63) is 267 Å². The van der Waals surface area contributed by atoms with Gasteiger partial charge in [0.05, 0.1) is 44.5 Å². The van der Waals surface area contributed by atoms with Gasteiger partial charge in [0.25, 0.3) is 0 Å². The second-order valence-corrected chi connectivity index (χ2v) is 19.1. The molecule has 4 aromatic heterocycles. The number of benzene rings is 11. The van der Waals surface area contributed by atoms with E-state index in [1.165, 1.54) is 10.8 Å². The third kappa shape index (κ3) is 6.84. The fraction of sp³-hybridized carbons (Fsp3) is 0. The topological polar surface area (TPSA) is 53.5 Å². The third-order valence-electron chi connectivity index (χ3n) is 14.9. The molecule has 0 saturated heterocycles. The Bertz CT molecular complexity index is 4550. The Morgan fingerprint density at radius 2 is 0.653 bits per heavy atom. The van der Waals surface area contributed by atoms with E-state index in [4.69, 9.17) is 15.0 Å². The van der Waals surface area contributed by atoms with E-state index in [1.54, 1.807) is 0 Å². The lowest BCUT2D eigenvalue weighted by Gasteiger charge is -2.17. The summed E-state index contributed by atoms with van der Waals surface area (Å²) < 4.78 is 7.28. The maximum Gasteiger partial charge on any atom is 0.238 e. The smallest absolute Gasteiger partial charge is 0.238 e. The Morgan fingerprint density at radius 3 is 1.21 bits per heavy atom. The highest BCUT2D eigenvalue weighted by Crippen LogP contribution is 2.47. The molecule has 75 heavy (non-hydrogen) atoms. The van der Waals surface area contributed by atoms with Gasteiger partial charge in [0.1, 0.15) is 0 Å². The van der Waals surface area contributed by atoms with Crippen molar-refractivity contribution in [1.29, 1.82) is 0 Å². The first-order chi connectivity index (χ1) is 37.2. The second-order valence-electron chi connectivity index (χ2n) is 19.1. The molecule has 0 aliphatic rings. The zero-order valence-electron chi connectivity index (χ0n) is 40.6. The van der Waals surface area contributed by atoms with E-state index in [1.807, 2.05) is 0 Å². The van der Waals surface area contributed by atoms with Gasteiger partial charge in [0, 0.05) is 49.0 Å². The van der Waals surface area contributed by atoms with Gasteiger partial charge in [0.2, 0.25) is 5.95 Å². The fourth-order valence-electron chi connectivity index (χ4n) is 11.6. The van der Waals surface area contributed by atoms with E-state index in [2.05, 4.69) is 281 Å². The number of aromatic nitrogens is 6. The van der Waals surface area contributed by atoms with E-state index in [0.29, 0.717) is 17.6 Å². The summed E-state index contributed by atoms with van der Waals surface area (Å²) in [5, 5.41) is 6.83. The van der Waals surface area contributed by atoms with E-state index in [9.17, 15) is 0 Å². The lowest BCUT2D eigenvalue weighted by molar-refractivity contribution is 0.953. The van der Waals surface area contributed by atoms with Gasteiger partial charge in [-0.25, -0.2) is 4.98 Å². The van der Waals surface area contributed by atoms with E-state index >= 15 is 0 Å². The summed E-state index contributed by atoms with van der Waals surface area (Å²) in [5.74, 6) is 1.67. The van der Waals surface area contributed by atoms with Gasteiger partial charge in [-0.3, -0.25) is 4.57 Å². The van der Waals surface area contributed by atoms with Crippen LogP contribution in [-0.4, -0.2) is 28.7 Å². The molecule has 4 heterocycles. The summed E-state index contributed by atoms with van der Waals surface area (Å²) in [6, 6.07) is 95.2. The average molecular weight is 957 g/mol. The molecule has 15 aromatic rings. The highest BCUT2D eigenvalue weighted by atomic mass is 15.2. The van der Waals surface area contributed by atoms with E-state index < -0.39 is 0 Å². The quantitative estimate of drug-likeness (QED) is 0.152. The Morgan fingerprint density at radius 1 is 0.240 bits per heavy atom. The largest absolute Gasteiger partial charge is 0.309 e. The summed E-state index contributed by atoms with van der Waals surface area (Å²) in [6.07, 6.45) is 0. The molecule has 350 valence electrons. The van der Waals surface area contributed by atoms with Gasteiger partial charge < -0.3 is 9.13 Å². The van der Waals surface area contributed by atoms with Crippen molar-refractivity contribution < 1.29 is 0 Å². The lowest BCUT2D eigenvalue weighted by Crippen LogP contribution is -2.08. The summed E-state index contributed by atoms with van der Waals surface area (Å²) in [7, 11) is 0. The normalized spacial score (nSPS) is 11.7. The van der Waals surface area contributed by atoms with Crippen molar-refractivity contribution in [1.82, 2.24) is 28.7 Å². The number of hydrogen-bond acceptors (Lipinski definition) is 3. The minimum Gasteiger partial charge on any atom is -0.309 e. The van der Waals surface area contributed by atoms with Crippen molar-refractivity contribution in [2.45, 2.75) is 0 Å². The maximum atomic E-state index is 5.63. The number of hydrogen-bond donors (Lipinski definition) is 0. The van der Waals surface area contributed by atoms with Crippen LogP contribution in [0.25, 0.3) is 139 Å². The van der Waals surface area contributed by atoms with Crippen LogP contribution in [0, 0.1) is 0 Å². The first-order valence-electron chi connectivity index (χ1n) is 25.4. The minimum atomic E-state index is 0.519. The van der Waals surface area contributed by atoms with Gasteiger partial charge in [0.15, 0.2) is 11.6 Å². The zero-order valence-corrected chi connectivity index (χ0v) is 40.6. The van der Waals surface area contributed by atoms with Crippen LogP contribution >= 0.6 is 0 Å². The first kappa shape index (κ1) is 42.5. The minimum absolute atomic E-state index is 0.519. The van der Waals surface area contributed by atoms with Crippen molar-refractivity contribution in [2.24, 2.45) is 0 Å². The molecule has 11 aromatic carbocycles. The maximum absolute atomic E-state index is 5.63. The van der Waals surface area contributed by atoms with Crippen molar-refractivity contribution in [2.75, 3.05) is 0 Å². The number of fused-ring (bicyclic) bond motifs is 10. The van der Waals surface area contributed by atoms with Crippen LogP contribution in [0.5, 0.6) is 0 Å². The summed E-state index contributed by atoms with van der Waals surface area (Å²) >= 11 is 0. The summed E-state index contributed by atoms with van der Waals surface area (Å²) in [6.45, 7) is 0. The monoisotopic (exact) mass is 956 g/mol. The van der Waals surface area contributed by atoms with Crippen LogP contribution < -0.4 is 0 Å². The number of nitrogens with zero attached hydrogens (tertiary/aromatic N) is 6. The first-order valence-corrected chi connectivity index (χ1v) is 25.4. The highest BCUT2D eigenvalue weighted by Gasteiger charge is 2.28. The molecule has 0 amide bonds. The molecule has 6 nitrogen and oxygen atoms in total. The molecular formula is C69H44N6. The molecule has 0 atom stereocenters. The van der Waals surface area contributed by atoms with Gasteiger partial charge in [-0.1, -0.05) is 218 Å². The van der Waals surface area contributed by atoms with Crippen LogP contribution in [-0.2, 0) is 0 Å². The molecule has 0 unspecified atom stereocenters. The molecule has 0 fully saturated rings. The van der Waals surface area contributed by atoms with E-state index in [-0.39, 0.29) is 0 Å². The zero-order chi connectivity index (χ0) is 49.4. The average Bonchev–Trinajstić information content (AvgIpc) is 4.29. The molecule has 0 aliphatic carbocycles. The Balaban J connectivity index is 1.13. The SMILES string of the molecule is c1ccc(-c2cccc(-c3nc(-c4cccc(-c5ccccc5)c4)nc(-n4c5ccccc5c5c(-n6c7ccccc7c7ccccc76)cc6c7ccccc7n(-c7ccccc7-c7ccccc7)c6c54)n3)c2)cc1. The Hall–Kier alpha value is -10.2. The molecule has 0 saturated carbocycles. The molecule has 0 spiro atoms. The predicted octanol–water partition coefficient (Wildman–Crippen LogP) is 17.5. The van der Waals surface area contributed by atoms with Gasteiger partial charge in [-0.15, -0.1) is 0 Å². The van der Waals surface area contributed by atoms with Gasteiger partial charge in [-0.2, -0.15) is 9.97 Å². The Kier molecular flexibility index (Phi) is 9.78. The van der Waals surface area contributed by atoms with Crippen molar-refractivity contribution in [3.63, 3.8) is 0 Å². The highest BCUT2D eigenvalue weighted by molar-refractivity contribution is 6.27. The van der Waals surface area contributed by atoms with Crippen LogP contribution in [0.1, 0.15) is 0 Å². The molecular weight excluding hydrogens is 913 g/mol. The summed E-state index contributed by atoms with van der Waals surface area (Å²) in [5.41, 5.74) is 17.0. The van der Waals surface area contributed by atoms with Crippen LogP contribution in [0.4, 0.5) is 0 Å².